The van der Waals surface area contributed by atoms with E-state index in [1.165, 1.54) is 14.2 Å². The molecule has 0 aromatic heterocycles. The highest BCUT2D eigenvalue weighted by Crippen LogP contribution is 2.40. The molecule has 1 saturated heterocycles. The van der Waals surface area contributed by atoms with Crippen molar-refractivity contribution >= 4 is 11.8 Å². The highest BCUT2D eigenvalue weighted by molar-refractivity contribution is 5.96. The van der Waals surface area contributed by atoms with Crippen LogP contribution in [-0.2, 0) is 4.79 Å². The fraction of sp³-hybridized carbons (Fsp3) is 0.417. The molecule has 0 spiro atoms. The number of carbonyl (C=O) groups excluding carboxylic acids is 2. The number of ether oxygens (including phenoxy) is 4. The molecule has 32 heavy (non-hydrogen) atoms. The third kappa shape index (κ3) is 5.25. The van der Waals surface area contributed by atoms with E-state index in [1.54, 1.807) is 19.2 Å². The third-order valence-corrected chi connectivity index (χ3v) is 5.58. The van der Waals surface area contributed by atoms with E-state index in [2.05, 4.69) is 0 Å². The summed E-state index contributed by atoms with van der Waals surface area (Å²) in [6.45, 7) is 0.325. The summed E-state index contributed by atoms with van der Waals surface area (Å²) in [5.74, 6) is 0.857. The molecule has 1 fully saturated rings. The van der Waals surface area contributed by atoms with Crippen LogP contribution in [0.3, 0.4) is 0 Å². The minimum atomic E-state index is -0.624. The van der Waals surface area contributed by atoms with Gasteiger partial charge in [-0.05, 0) is 42.7 Å². The van der Waals surface area contributed by atoms with Crippen molar-refractivity contribution < 1.29 is 28.5 Å². The maximum Gasteiger partial charge on any atom is 0.255 e. The first-order valence-corrected chi connectivity index (χ1v) is 10.6. The summed E-state index contributed by atoms with van der Waals surface area (Å²) in [6, 6.07) is 11.0. The molecule has 8 nitrogen and oxygen atoms in total. The third-order valence-electron chi connectivity index (χ3n) is 5.58. The summed E-state index contributed by atoms with van der Waals surface area (Å²) in [4.78, 5) is 26.7. The van der Waals surface area contributed by atoms with Crippen molar-refractivity contribution in [2.45, 2.75) is 31.7 Å². The lowest BCUT2D eigenvalue weighted by Crippen LogP contribution is -2.34. The number of hydrogen-bond donors (Lipinski definition) is 1. The first-order chi connectivity index (χ1) is 15.5. The molecule has 1 unspecified atom stereocenters. The predicted molar refractivity (Wildman–Crippen MR) is 119 cm³/mol. The normalized spacial score (nSPS) is 16.1. The van der Waals surface area contributed by atoms with E-state index in [-0.39, 0.29) is 24.3 Å². The molecule has 2 aromatic rings. The van der Waals surface area contributed by atoms with Crippen LogP contribution >= 0.6 is 0 Å². The molecule has 1 aliphatic heterocycles. The maximum atomic E-state index is 13.6. The summed E-state index contributed by atoms with van der Waals surface area (Å²) in [5, 5.41) is 0. The van der Waals surface area contributed by atoms with Gasteiger partial charge in [-0.3, -0.25) is 9.59 Å². The van der Waals surface area contributed by atoms with Crippen molar-refractivity contribution in [3.8, 4) is 23.0 Å². The Morgan fingerprint density at radius 2 is 1.62 bits per heavy atom. The van der Waals surface area contributed by atoms with Gasteiger partial charge in [0.15, 0.2) is 18.1 Å². The van der Waals surface area contributed by atoms with Gasteiger partial charge in [-0.25, -0.2) is 0 Å². The lowest BCUT2D eigenvalue weighted by atomic mass is 9.99. The van der Waals surface area contributed by atoms with Gasteiger partial charge in [0, 0.05) is 12.1 Å². The fourth-order valence-electron chi connectivity index (χ4n) is 3.98. The van der Waals surface area contributed by atoms with Gasteiger partial charge in [-0.2, -0.15) is 0 Å². The molecular weight excluding hydrogens is 412 g/mol. The molecule has 0 aliphatic carbocycles. The molecule has 172 valence electrons. The quantitative estimate of drug-likeness (QED) is 0.673. The second-order valence-electron chi connectivity index (χ2n) is 7.60. The highest BCUT2D eigenvalue weighted by Gasteiger charge is 2.29. The minimum absolute atomic E-state index is 0.0429. The summed E-state index contributed by atoms with van der Waals surface area (Å²) in [6.07, 6.45) is 3.94. The van der Waals surface area contributed by atoms with Gasteiger partial charge in [-0.1, -0.05) is 25.0 Å². The average Bonchev–Trinajstić information content (AvgIpc) is 3.07. The summed E-state index contributed by atoms with van der Waals surface area (Å²) in [5.41, 5.74) is 6.68. The van der Waals surface area contributed by atoms with Gasteiger partial charge in [-0.15, -0.1) is 0 Å². The van der Waals surface area contributed by atoms with Crippen molar-refractivity contribution in [2.24, 2.45) is 5.73 Å². The van der Waals surface area contributed by atoms with E-state index in [1.807, 2.05) is 29.2 Å². The standard InChI is InChI=1S/C24H30N2O6/c1-29-18-10-8-16(9-11-18)19-7-5-4-6-12-26(19)24(28)17-13-20(30-2)23(21(14-17)31-3)32-15-22(25)27/h8-11,13-14,19H,4-7,12,15H2,1-3H3,(H2,25,27). The lowest BCUT2D eigenvalue weighted by molar-refractivity contribution is -0.120. The lowest BCUT2D eigenvalue weighted by Gasteiger charge is -2.31. The Balaban J connectivity index is 1.95. The highest BCUT2D eigenvalue weighted by atomic mass is 16.5. The Morgan fingerprint density at radius 3 is 2.19 bits per heavy atom. The van der Waals surface area contributed by atoms with E-state index >= 15 is 0 Å². The molecule has 0 bridgehead atoms. The van der Waals surface area contributed by atoms with Crippen LogP contribution < -0.4 is 24.7 Å². The molecule has 2 amide bonds. The van der Waals surface area contributed by atoms with Gasteiger partial charge in [0.2, 0.25) is 5.75 Å². The second kappa shape index (κ2) is 10.7. The van der Waals surface area contributed by atoms with E-state index < -0.39 is 5.91 Å². The Kier molecular flexibility index (Phi) is 7.81. The number of rotatable bonds is 8. The number of hydrogen-bond acceptors (Lipinski definition) is 6. The zero-order valence-electron chi connectivity index (χ0n) is 18.8. The van der Waals surface area contributed by atoms with E-state index in [9.17, 15) is 9.59 Å². The van der Waals surface area contributed by atoms with Gasteiger partial charge >= 0.3 is 0 Å². The van der Waals surface area contributed by atoms with Crippen LogP contribution in [0.2, 0.25) is 0 Å². The van der Waals surface area contributed by atoms with Crippen LogP contribution in [-0.4, -0.2) is 51.2 Å². The zero-order valence-corrected chi connectivity index (χ0v) is 18.8. The van der Waals surface area contributed by atoms with E-state index in [0.717, 1.165) is 37.0 Å². The molecule has 2 N–H and O–H groups in total. The molecule has 1 aliphatic rings. The van der Waals surface area contributed by atoms with Crippen LogP contribution in [0.15, 0.2) is 36.4 Å². The topological polar surface area (TPSA) is 100 Å². The number of methoxy groups -OCH3 is 3. The van der Waals surface area contributed by atoms with Gasteiger partial charge < -0.3 is 29.6 Å². The number of nitrogens with two attached hydrogens (primary N) is 1. The van der Waals surface area contributed by atoms with Crippen LogP contribution in [0.5, 0.6) is 23.0 Å². The first-order valence-electron chi connectivity index (χ1n) is 10.6. The number of amides is 2. The average molecular weight is 443 g/mol. The van der Waals surface area contributed by atoms with E-state index in [0.29, 0.717) is 23.6 Å². The van der Waals surface area contributed by atoms with Crippen LogP contribution in [0, 0.1) is 0 Å². The van der Waals surface area contributed by atoms with Crippen molar-refractivity contribution in [1.82, 2.24) is 4.90 Å². The Bertz CT molecular complexity index is 919. The monoisotopic (exact) mass is 442 g/mol. The number of carbonyl (C=O) groups is 2. The number of nitrogens with zero attached hydrogens (tertiary/aromatic N) is 1. The first kappa shape index (κ1) is 23.2. The number of benzene rings is 2. The summed E-state index contributed by atoms with van der Waals surface area (Å²) < 4.78 is 21.6. The molecule has 8 heteroatoms. The second-order valence-corrected chi connectivity index (χ2v) is 7.60. The van der Waals surface area contributed by atoms with Crippen molar-refractivity contribution in [3.05, 3.63) is 47.5 Å². The van der Waals surface area contributed by atoms with E-state index in [4.69, 9.17) is 24.7 Å². The van der Waals surface area contributed by atoms with Crippen molar-refractivity contribution in [1.29, 1.82) is 0 Å². The minimum Gasteiger partial charge on any atom is -0.497 e. The largest absolute Gasteiger partial charge is 0.497 e. The van der Waals surface area contributed by atoms with Crippen LogP contribution in [0.25, 0.3) is 0 Å². The predicted octanol–water partition coefficient (Wildman–Crippen LogP) is 3.33. The van der Waals surface area contributed by atoms with Gasteiger partial charge in [0.05, 0.1) is 27.4 Å². The maximum absolute atomic E-state index is 13.6. The van der Waals surface area contributed by atoms with Gasteiger partial charge in [0.25, 0.3) is 11.8 Å². The van der Waals surface area contributed by atoms with Crippen molar-refractivity contribution in [3.63, 3.8) is 0 Å². The summed E-state index contributed by atoms with van der Waals surface area (Å²) in [7, 11) is 4.56. The SMILES string of the molecule is COc1ccc(C2CCCCCN2C(=O)c2cc(OC)c(OCC(N)=O)c(OC)c2)cc1. The molecule has 0 saturated carbocycles. The Labute approximate surface area is 188 Å². The van der Waals surface area contributed by atoms with Crippen LogP contribution in [0.1, 0.15) is 47.6 Å². The Morgan fingerprint density at radius 1 is 0.969 bits per heavy atom. The molecule has 1 atom stereocenters. The molecule has 0 radical (unpaired) electrons. The summed E-state index contributed by atoms with van der Waals surface area (Å²) >= 11 is 0. The number of likely N-dealkylation sites (tertiary alicyclic amines) is 1. The molecule has 2 aromatic carbocycles. The zero-order chi connectivity index (χ0) is 23.1. The number of primary amides is 1. The smallest absolute Gasteiger partial charge is 0.255 e. The molecule has 1 heterocycles. The molecular formula is C24H30N2O6. The fourth-order valence-corrected chi connectivity index (χ4v) is 3.98. The van der Waals surface area contributed by atoms with Crippen LogP contribution in [0.4, 0.5) is 0 Å². The molecule has 3 rings (SSSR count). The van der Waals surface area contributed by atoms with Gasteiger partial charge in [0.1, 0.15) is 5.75 Å². The Hall–Kier alpha value is -3.42. The van der Waals surface area contributed by atoms with Crippen molar-refractivity contribution in [2.75, 3.05) is 34.5 Å².